The predicted octanol–water partition coefficient (Wildman–Crippen LogP) is 0.0685. The van der Waals surface area contributed by atoms with Gasteiger partial charge in [0.15, 0.2) is 23.2 Å². The summed E-state index contributed by atoms with van der Waals surface area (Å²) in [6, 6.07) is 2.10. The Hall–Kier alpha value is -5.30. The maximum Gasteiger partial charge on any atom is 0.418 e. The summed E-state index contributed by atoms with van der Waals surface area (Å²) in [5.41, 5.74) is -0.107. The number of amides is 4. The van der Waals surface area contributed by atoms with E-state index in [9.17, 15) is 33.9 Å². The highest BCUT2D eigenvalue weighted by Crippen LogP contribution is 2.40. The lowest BCUT2D eigenvalue weighted by molar-refractivity contribution is -0.727. The molecule has 2 aliphatic heterocycles. The number of carboxylic acid groups (broad SMARTS) is 2. The standard InChI is InChI=1S/C26H25N7O10S2/c1-4-13-10-44-23-18(22(38)33(23)19(13)24(39)40)28-20(36)17(30-43-9-16(34)35)15-11-45-25(27-15)29-26(41)42-12-32-7-5-6-14(8-32)21(37)31(2)3/h4-8,11,18,23H,1,9-10,12H2,2-3H3,(H3-,27,28,29,34,35,36,39,40,41)/p+1/t18-,23-/m1/s1. The van der Waals surface area contributed by atoms with Crippen molar-refractivity contribution in [2.75, 3.05) is 31.8 Å². The fourth-order valence-corrected chi connectivity index (χ4v) is 6.07. The average Bonchev–Trinajstić information content (AvgIpc) is 3.47. The van der Waals surface area contributed by atoms with Crippen molar-refractivity contribution < 1.29 is 53.1 Å². The smallest absolute Gasteiger partial charge is 0.418 e. The van der Waals surface area contributed by atoms with Gasteiger partial charge in [-0.25, -0.2) is 19.4 Å². The fourth-order valence-electron chi connectivity index (χ4n) is 4.05. The minimum absolute atomic E-state index is 0.0165. The number of carbonyl (C=O) groups is 6. The highest BCUT2D eigenvalue weighted by Gasteiger charge is 2.54. The molecule has 0 aromatic carbocycles. The van der Waals surface area contributed by atoms with Crippen LogP contribution in [0.25, 0.3) is 0 Å². The minimum Gasteiger partial charge on any atom is -0.479 e. The van der Waals surface area contributed by atoms with Crippen LogP contribution in [0.2, 0.25) is 0 Å². The summed E-state index contributed by atoms with van der Waals surface area (Å²) in [5.74, 6) is -4.32. The summed E-state index contributed by atoms with van der Waals surface area (Å²) in [6.07, 6.45) is 3.54. The largest absolute Gasteiger partial charge is 0.479 e. The van der Waals surface area contributed by atoms with Crippen molar-refractivity contribution >= 4 is 69.7 Å². The topological polar surface area (TPSA) is 221 Å². The van der Waals surface area contributed by atoms with Gasteiger partial charge >= 0.3 is 18.0 Å². The van der Waals surface area contributed by atoms with Gasteiger partial charge in [-0.2, -0.15) is 4.57 Å². The molecule has 1 fully saturated rings. The van der Waals surface area contributed by atoms with Gasteiger partial charge < -0.3 is 30.0 Å². The summed E-state index contributed by atoms with van der Waals surface area (Å²) in [6.45, 7) is 2.45. The van der Waals surface area contributed by atoms with Crippen LogP contribution >= 0.6 is 23.1 Å². The van der Waals surface area contributed by atoms with Crippen molar-refractivity contribution in [1.82, 2.24) is 20.1 Å². The Labute approximate surface area is 262 Å². The van der Waals surface area contributed by atoms with Gasteiger partial charge in [0.25, 0.3) is 24.5 Å². The summed E-state index contributed by atoms with van der Waals surface area (Å²) in [4.78, 5) is 84.7. The third kappa shape index (κ3) is 7.44. The van der Waals surface area contributed by atoms with Gasteiger partial charge in [0.2, 0.25) is 6.61 Å². The number of pyridine rings is 1. The zero-order valence-electron chi connectivity index (χ0n) is 23.7. The summed E-state index contributed by atoms with van der Waals surface area (Å²) >= 11 is 2.11. The van der Waals surface area contributed by atoms with Crippen LogP contribution in [0.5, 0.6) is 0 Å². The molecule has 2 aliphatic rings. The molecule has 0 spiro atoms. The Bertz CT molecular complexity index is 1640. The molecule has 0 unspecified atom stereocenters. The predicted molar refractivity (Wildman–Crippen MR) is 157 cm³/mol. The molecule has 2 atom stereocenters. The molecule has 4 N–H and O–H groups in total. The van der Waals surface area contributed by atoms with Crippen molar-refractivity contribution in [3.05, 3.63) is 65.1 Å². The van der Waals surface area contributed by atoms with E-state index in [-0.39, 0.29) is 34.9 Å². The molecular formula is C26H26N7O10S2+. The Kier molecular flexibility index (Phi) is 10.1. The van der Waals surface area contributed by atoms with Crippen LogP contribution in [0.15, 0.2) is 59.0 Å². The van der Waals surface area contributed by atoms with Crippen molar-refractivity contribution in [3.63, 3.8) is 0 Å². The van der Waals surface area contributed by atoms with Gasteiger partial charge in [0, 0.05) is 31.3 Å². The van der Waals surface area contributed by atoms with Gasteiger partial charge in [-0.05, 0) is 11.6 Å². The van der Waals surface area contributed by atoms with Crippen molar-refractivity contribution in [1.29, 1.82) is 0 Å². The highest BCUT2D eigenvalue weighted by molar-refractivity contribution is 8.00. The molecule has 45 heavy (non-hydrogen) atoms. The second kappa shape index (κ2) is 14.0. The SMILES string of the molecule is C=CC1=C(C(=O)O)N2C(=O)[C@@H](NC(=O)C(=NOCC(=O)O)c3csc(NC(=O)OC[n+]4cccc(C(=O)N(C)C)c4)n3)[C@H]2SC1. The minimum atomic E-state index is -1.37. The third-order valence-corrected chi connectivity index (χ3v) is 8.16. The van der Waals surface area contributed by atoms with Crippen LogP contribution in [0.3, 0.4) is 0 Å². The number of β-lactam (4-membered cyclic amide) rings is 1. The highest BCUT2D eigenvalue weighted by atomic mass is 32.2. The molecule has 0 bridgehead atoms. The lowest BCUT2D eigenvalue weighted by Crippen LogP contribution is -2.71. The van der Waals surface area contributed by atoms with Gasteiger partial charge in [-0.3, -0.25) is 24.6 Å². The average molecular weight is 661 g/mol. The number of carboxylic acids is 2. The number of hydrogen-bond donors (Lipinski definition) is 4. The first-order chi connectivity index (χ1) is 21.4. The Morgan fingerprint density at radius 2 is 2.04 bits per heavy atom. The van der Waals surface area contributed by atoms with Gasteiger partial charge in [-0.15, -0.1) is 23.1 Å². The molecule has 17 nitrogen and oxygen atoms in total. The number of nitrogens with one attached hydrogen (secondary N) is 2. The van der Waals surface area contributed by atoms with Crippen LogP contribution in [0, 0.1) is 0 Å². The number of rotatable bonds is 12. The van der Waals surface area contributed by atoms with E-state index < -0.39 is 53.6 Å². The lowest BCUT2D eigenvalue weighted by atomic mass is 10.0. The van der Waals surface area contributed by atoms with E-state index in [1.54, 1.807) is 32.4 Å². The molecule has 2 aromatic heterocycles. The van der Waals surface area contributed by atoms with Gasteiger partial charge in [0.1, 0.15) is 28.4 Å². The van der Waals surface area contributed by atoms with E-state index in [1.165, 1.54) is 38.9 Å². The number of carbonyl (C=O) groups excluding carboxylic acids is 4. The molecule has 236 valence electrons. The quantitative estimate of drug-likeness (QED) is 0.103. The van der Waals surface area contributed by atoms with E-state index in [0.29, 0.717) is 11.1 Å². The van der Waals surface area contributed by atoms with Gasteiger partial charge in [-0.1, -0.05) is 17.8 Å². The number of hydrogen-bond acceptors (Lipinski definition) is 12. The molecule has 0 radical (unpaired) electrons. The molecule has 1 saturated heterocycles. The number of thioether (sulfide) groups is 1. The van der Waals surface area contributed by atoms with Crippen molar-refractivity contribution in [2.24, 2.45) is 5.16 Å². The number of anilines is 1. The molecule has 0 aliphatic carbocycles. The monoisotopic (exact) mass is 660 g/mol. The maximum atomic E-state index is 13.2. The van der Waals surface area contributed by atoms with E-state index in [2.05, 4.69) is 27.4 Å². The second-order valence-electron chi connectivity index (χ2n) is 9.38. The fraction of sp³-hybridized carbons (Fsp3) is 0.269. The lowest BCUT2D eigenvalue weighted by Gasteiger charge is -2.49. The van der Waals surface area contributed by atoms with E-state index in [4.69, 9.17) is 14.7 Å². The van der Waals surface area contributed by atoms with Crippen LogP contribution in [-0.4, -0.2) is 104 Å². The number of nitrogens with zero attached hydrogens (tertiary/aromatic N) is 5. The number of aliphatic carboxylic acids is 2. The number of ether oxygens (including phenoxy) is 1. The van der Waals surface area contributed by atoms with Gasteiger partial charge in [0.05, 0.1) is 0 Å². The zero-order valence-corrected chi connectivity index (χ0v) is 25.3. The molecule has 4 heterocycles. The molecule has 19 heteroatoms. The molecule has 4 amide bonds. The van der Waals surface area contributed by atoms with Crippen LogP contribution < -0.4 is 15.2 Å². The Morgan fingerprint density at radius 3 is 2.71 bits per heavy atom. The number of oxime groups is 1. The third-order valence-electron chi connectivity index (χ3n) is 6.10. The first-order valence-electron chi connectivity index (χ1n) is 12.8. The first kappa shape index (κ1) is 32.6. The van der Waals surface area contributed by atoms with E-state index in [0.717, 1.165) is 16.2 Å². The maximum absolute atomic E-state index is 13.2. The van der Waals surface area contributed by atoms with E-state index >= 15 is 0 Å². The molecule has 2 aromatic rings. The van der Waals surface area contributed by atoms with Crippen molar-refractivity contribution in [3.8, 4) is 0 Å². The van der Waals surface area contributed by atoms with Crippen LogP contribution in [-0.2, 0) is 35.5 Å². The second-order valence-corrected chi connectivity index (χ2v) is 11.3. The van der Waals surface area contributed by atoms with Crippen LogP contribution in [0.4, 0.5) is 9.93 Å². The summed E-state index contributed by atoms with van der Waals surface area (Å²) < 4.78 is 6.64. The number of allylic oxidation sites excluding steroid dienone is 1. The zero-order chi connectivity index (χ0) is 32.8. The molecule has 0 saturated carbocycles. The Balaban J connectivity index is 1.43. The van der Waals surface area contributed by atoms with E-state index in [1.807, 2.05) is 0 Å². The molecule has 4 rings (SSSR count). The van der Waals surface area contributed by atoms with Crippen molar-refractivity contribution in [2.45, 2.75) is 18.1 Å². The van der Waals surface area contributed by atoms with Crippen LogP contribution in [0.1, 0.15) is 16.1 Å². The summed E-state index contributed by atoms with van der Waals surface area (Å²) in [5, 5.41) is 27.5. The first-order valence-corrected chi connectivity index (χ1v) is 14.7. The summed E-state index contributed by atoms with van der Waals surface area (Å²) in [7, 11) is 3.21. The number of fused-ring (bicyclic) bond motifs is 1. The Morgan fingerprint density at radius 1 is 1.29 bits per heavy atom. The molecular weight excluding hydrogens is 634 g/mol. The normalized spacial score (nSPS) is 17.4. The number of aromatic nitrogens is 2. The number of thiazole rings is 1.